The molecule has 0 unspecified atom stereocenters. The van der Waals surface area contributed by atoms with Gasteiger partial charge in [-0.2, -0.15) is 5.10 Å². The van der Waals surface area contributed by atoms with Gasteiger partial charge in [0.25, 0.3) is 0 Å². The van der Waals surface area contributed by atoms with Crippen molar-refractivity contribution in [2.75, 3.05) is 19.7 Å². The number of piperidine rings is 1. The molecule has 1 amide bonds. The summed E-state index contributed by atoms with van der Waals surface area (Å²) in [6.45, 7) is 2.12. The zero-order valence-electron chi connectivity index (χ0n) is 13.7. The second-order valence-corrected chi connectivity index (χ2v) is 6.10. The number of aliphatic hydroxyl groups is 1. The summed E-state index contributed by atoms with van der Waals surface area (Å²) in [7, 11) is 0. The molecular weight excluding hydrogens is 306 g/mol. The van der Waals surface area contributed by atoms with Crippen molar-refractivity contribution >= 4 is 5.91 Å². The molecule has 0 spiro atoms. The number of aromatic nitrogens is 4. The van der Waals surface area contributed by atoms with Crippen LogP contribution in [-0.2, 0) is 17.8 Å². The third-order valence-electron chi connectivity index (χ3n) is 4.39. The monoisotopic (exact) mass is 329 g/mol. The van der Waals surface area contributed by atoms with Crippen LogP contribution in [0.1, 0.15) is 36.6 Å². The Morgan fingerprint density at radius 3 is 3.08 bits per heavy atom. The molecule has 0 bridgehead atoms. The molecule has 1 aliphatic rings. The first-order valence-electron chi connectivity index (χ1n) is 8.43. The van der Waals surface area contributed by atoms with Crippen LogP contribution in [-0.4, -0.2) is 55.4 Å². The number of nitrogens with zero attached hydrogens (tertiary/aromatic N) is 5. The first-order valence-corrected chi connectivity index (χ1v) is 8.43. The lowest BCUT2D eigenvalue weighted by Gasteiger charge is -2.32. The number of hydrogen-bond donors (Lipinski definition) is 1. The van der Waals surface area contributed by atoms with E-state index in [1.807, 2.05) is 17.2 Å². The van der Waals surface area contributed by atoms with Crippen LogP contribution in [0.5, 0.6) is 0 Å². The van der Waals surface area contributed by atoms with Gasteiger partial charge in [-0.3, -0.25) is 19.4 Å². The fourth-order valence-electron chi connectivity index (χ4n) is 3.12. The molecule has 1 saturated heterocycles. The number of hydrogen-bond acceptors (Lipinski definition) is 5. The molecule has 3 heterocycles. The van der Waals surface area contributed by atoms with Gasteiger partial charge in [0.2, 0.25) is 5.91 Å². The van der Waals surface area contributed by atoms with Crippen LogP contribution in [0.25, 0.3) is 0 Å². The van der Waals surface area contributed by atoms with Crippen molar-refractivity contribution in [1.82, 2.24) is 24.6 Å². The molecule has 2 aromatic rings. The molecule has 0 saturated carbocycles. The van der Waals surface area contributed by atoms with E-state index < -0.39 is 0 Å². The first kappa shape index (κ1) is 16.6. The SMILES string of the molecule is O=C(CCc1cnccn1)N1CCC[C@H](c2ccn(CCO)n2)C1. The zero-order valence-corrected chi connectivity index (χ0v) is 13.7. The van der Waals surface area contributed by atoms with Crippen molar-refractivity contribution in [2.45, 2.75) is 38.1 Å². The molecule has 2 aromatic heterocycles. The largest absolute Gasteiger partial charge is 0.394 e. The van der Waals surface area contributed by atoms with Gasteiger partial charge in [0, 0.05) is 50.2 Å². The van der Waals surface area contributed by atoms with E-state index in [1.54, 1.807) is 23.3 Å². The number of likely N-dealkylation sites (tertiary alicyclic amines) is 1. The zero-order chi connectivity index (χ0) is 16.8. The van der Waals surface area contributed by atoms with E-state index in [4.69, 9.17) is 5.11 Å². The minimum absolute atomic E-state index is 0.0821. The van der Waals surface area contributed by atoms with Gasteiger partial charge in [0.15, 0.2) is 0 Å². The van der Waals surface area contributed by atoms with Crippen molar-refractivity contribution in [3.8, 4) is 0 Å². The molecule has 7 heteroatoms. The Labute approximate surface area is 141 Å². The average Bonchev–Trinajstić information content (AvgIpc) is 3.10. The number of carbonyl (C=O) groups excluding carboxylic acids is 1. The van der Waals surface area contributed by atoms with Crippen LogP contribution >= 0.6 is 0 Å². The normalized spacial score (nSPS) is 17.9. The highest BCUT2D eigenvalue weighted by atomic mass is 16.3. The highest BCUT2D eigenvalue weighted by Gasteiger charge is 2.26. The Balaban J connectivity index is 1.55. The van der Waals surface area contributed by atoms with Gasteiger partial charge in [0.05, 0.1) is 24.5 Å². The predicted octanol–water partition coefficient (Wildman–Crippen LogP) is 1.00. The Hall–Kier alpha value is -2.28. The van der Waals surface area contributed by atoms with E-state index in [9.17, 15) is 4.79 Å². The van der Waals surface area contributed by atoms with Crippen LogP contribution in [0.15, 0.2) is 30.9 Å². The average molecular weight is 329 g/mol. The molecule has 0 aliphatic carbocycles. The molecule has 0 radical (unpaired) electrons. The van der Waals surface area contributed by atoms with Crippen molar-refractivity contribution in [2.24, 2.45) is 0 Å². The maximum absolute atomic E-state index is 12.5. The maximum atomic E-state index is 12.5. The van der Waals surface area contributed by atoms with Gasteiger partial charge in [-0.15, -0.1) is 0 Å². The van der Waals surface area contributed by atoms with Crippen LogP contribution in [0.3, 0.4) is 0 Å². The molecule has 3 rings (SSSR count). The molecule has 1 atom stereocenters. The summed E-state index contributed by atoms with van der Waals surface area (Å²) in [5.41, 5.74) is 1.86. The molecule has 7 nitrogen and oxygen atoms in total. The number of aliphatic hydroxyl groups excluding tert-OH is 1. The Bertz CT molecular complexity index is 658. The summed E-state index contributed by atoms with van der Waals surface area (Å²) in [6, 6.07) is 1.99. The Kier molecular flexibility index (Phi) is 5.53. The molecule has 1 fully saturated rings. The molecule has 24 heavy (non-hydrogen) atoms. The van der Waals surface area contributed by atoms with E-state index in [1.165, 1.54) is 0 Å². The van der Waals surface area contributed by atoms with Crippen LogP contribution in [0.4, 0.5) is 0 Å². The van der Waals surface area contributed by atoms with Crippen molar-refractivity contribution < 1.29 is 9.90 Å². The van der Waals surface area contributed by atoms with E-state index in [0.29, 0.717) is 19.4 Å². The first-order chi connectivity index (χ1) is 11.8. The summed E-state index contributed by atoms with van der Waals surface area (Å²) in [5, 5.41) is 13.5. The van der Waals surface area contributed by atoms with Crippen molar-refractivity contribution in [3.05, 3.63) is 42.2 Å². The standard InChI is InChI=1S/C17H23N5O2/c23-11-10-22-9-5-16(20-22)14-2-1-8-21(13-14)17(24)4-3-15-12-18-6-7-19-15/h5-7,9,12,14,23H,1-4,8,10-11,13H2/t14-/m0/s1. The second-order valence-electron chi connectivity index (χ2n) is 6.10. The highest BCUT2D eigenvalue weighted by Crippen LogP contribution is 2.26. The van der Waals surface area contributed by atoms with Crippen molar-refractivity contribution in [1.29, 1.82) is 0 Å². The molecule has 128 valence electrons. The molecule has 1 N–H and O–H groups in total. The van der Waals surface area contributed by atoms with Gasteiger partial charge in [-0.1, -0.05) is 0 Å². The van der Waals surface area contributed by atoms with E-state index in [2.05, 4.69) is 15.1 Å². The number of aryl methyl sites for hydroxylation is 1. The van der Waals surface area contributed by atoms with E-state index in [-0.39, 0.29) is 18.4 Å². The number of rotatable bonds is 6. The van der Waals surface area contributed by atoms with Gasteiger partial charge < -0.3 is 10.0 Å². The van der Waals surface area contributed by atoms with Crippen molar-refractivity contribution in [3.63, 3.8) is 0 Å². The fraction of sp³-hybridized carbons (Fsp3) is 0.529. The highest BCUT2D eigenvalue weighted by molar-refractivity contribution is 5.76. The summed E-state index contributed by atoms with van der Waals surface area (Å²) in [5.74, 6) is 0.444. The minimum atomic E-state index is 0.0821. The lowest BCUT2D eigenvalue weighted by molar-refractivity contribution is -0.132. The van der Waals surface area contributed by atoms with Gasteiger partial charge in [-0.25, -0.2) is 0 Å². The van der Waals surface area contributed by atoms with Crippen LogP contribution in [0.2, 0.25) is 0 Å². The van der Waals surface area contributed by atoms with Crippen LogP contribution in [0, 0.1) is 0 Å². The summed E-state index contributed by atoms with van der Waals surface area (Å²) in [4.78, 5) is 22.7. The van der Waals surface area contributed by atoms with E-state index in [0.717, 1.165) is 37.3 Å². The summed E-state index contributed by atoms with van der Waals surface area (Å²) < 4.78 is 1.75. The van der Waals surface area contributed by atoms with Crippen LogP contribution < -0.4 is 0 Å². The summed E-state index contributed by atoms with van der Waals surface area (Å²) in [6.07, 6.45) is 10.0. The predicted molar refractivity (Wildman–Crippen MR) is 88.2 cm³/mol. The smallest absolute Gasteiger partial charge is 0.222 e. The fourth-order valence-corrected chi connectivity index (χ4v) is 3.12. The molecule has 0 aromatic carbocycles. The minimum Gasteiger partial charge on any atom is -0.394 e. The maximum Gasteiger partial charge on any atom is 0.222 e. The third kappa shape index (κ3) is 4.17. The summed E-state index contributed by atoms with van der Waals surface area (Å²) >= 11 is 0. The molecular formula is C17H23N5O2. The third-order valence-corrected chi connectivity index (χ3v) is 4.39. The number of carbonyl (C=O) groups is 1. The van der Waals surface area contributed by atoms with Gasteiger partial charge in [-0.05, 0) is 25.3 Å². The molecule has 1 aliphatic heterocycles. The lowest BCUT2D eigenvalue weighted by atomic mass is 9.94. The van der Waals surface area contributed by atoms with E-state index >= 15 is 0 Å². The number of amides is 1. The second kappa shape index (κ2) is 8.01. The van der Waals surface area contributed by atoms with Gasteiger partial charge >= 0.3 is 0 Å². The Morgan fingerprint density at radius 1 is 1.38 bits per heavy atom. The topological polar surface area (TPSA) is 84.1 Å². The lowest BCUT2D eigenvalue weighted by Crippen LogP contribution is -2.39. The quantitative estimate of drug-likeness (QED) is 0.855. The van der Waals surface area contributed by atoms with Gasteiger partial charge in [0.1, 0.15) is 0 Å². The Morgan fingerprint density at radius 2 is 2.29 bits per heavy atom.